The third kappa shape index (κ3) is 3.46. The number of nitro groups is 1. The summed E-state index contributed by atoms with van der Waals surface area (Å²) in [7, 11) is 0. The van der Waals surface area contributed by atoms with Gasteiger partial charge in [0.15, 0.2) is 0 Å². The molecule has 2 aromatic carbocycles. The number of anilines is 1. The predicted octanol–water partition coefficient (Wildman–Crippen LogP) is 4.28. The van der Waals surface area contributed by atoms with Crippen molar-refractivity contribution in [3.63, 3.8) is 0 Å². The van der Waals surface area contributed by atoms with Crippen molar-refractivity contribution >= 4 is 22.4 Å². The van der Waals surface area contributed by atoms with E-state index in [1.807, 2.05) is 19.9 Å². The van der Waals surface area contributed by atoms with Crippen molar-refractivity contribution in [1.82, 2.24) is 9.97 Å². The first-order chi connectivity index (χ1) is 12.6. The highest BCUT2D eigenvalue weighted by molar-refractivity contribution is 5.88. The zero-order valence-electron chi connectivity index (χ0n) is 14.6. The average Bonchev–Trinajstić information content (AvgIpc) is 3.04. The summed E-state index contributed by atoms with van der Waals surface area (Å²) in [4.78, 5) is 18.8. The Kier molecular flexibility index (Phi) is 5.06. The van der Waals surface area contributed by atoms with Gasteiger partial charge in [-0.2, -0.15) is 0 Å². The SMILES string of the molecule is CC.O=[N+]([O-])c1ccc2c(c1)CC(Nc1ncnc3cc(F)ccc13)C2. The van der Waals surface area contributed by atoms with E-state index in [0.717, 1.165) is 22.9 Å². The minimum absolute atomic E-state index is 0.0881. The van der Waals surface area contributed by atoms with E-state index >= 15 is 0 Å². The molecule has 0 spiro atoms. The van der Waals surface area contributed by atoms with Crippen molar-refractivity contribution in [3.8, 4) is 0 Å². The highest BCUT2D eigenvalue weighted by Gasteiger charge is 2.24. The monoisotopic (exact) mass is 354 g/mol. The Balaban J connectivity index is 0.000000948. The summed E-state index contributed by atoms with van der Waals surface area (Å²) in [6.07, 6.45) is 2.85. The van der Waals surface area contributed by atoms with Crippen LogP contribution in [0.4, 0.5) is 15.9 Å². The second-order valence-corrected chi connectivity index (χ2v) is 5.84. The molecule has 0 aliphatic heterocycles. The van der Waals surface area contributed by atoms with E-state index < -0.39 is 0 Å². The maximum Gasteiger partial charge on any atom is 0.269 e. The zero-order valence-corrected chi connectivity index (χ0v) is 14.6. The van der Waals surface area contributed by atoms with Crippen LogP contribution in [0, 0.1) is 15.9 Å². The van der Waals surface area contributed by atoms with Crippen LogP contribution in [0.2, 0.25) is 0 Å². The smallest absolute Gasteiger partial charge is 0.269 e. The predicted molar refractivity (Wildman–Crippen MR) is 98.8 cm³/mol. The van der Waals surface area contributed by atoms with Crippen LogP contribution in [0.15, 0.2) is 42.7 Å². The number of fused-ring (bicyclic) bond motifs is 2. The number of hydrogen-bond donors (Lipinski definition) is 1. The molecule has 1 aromatic heterocycles. The Hall–Kier alpha value is -3.09. The fourth-order valence-electron chi connectivity index (χ4n) is 3.16. The van der Waals surface area contributed by atoms with Gasteiger partial charge in [0, 0.05) is 29.6 Å². The van der Waals surface area contributed by atoms with Gasteiger partial charge in [-0.3, -0.25) is 10.1 Å². The molecular formula is C19H19FN4O2. The molecule has 26 heavy (non-hydrogen) atoms. The molecule has 6 nitrogen and oxygen atoms in total. The van der Waals surface area contributed by atoms with Crippen molar-refractivity contribution in [3.05, 3.63) is 69.8 Å². The van der Waals surface area contributed by atoms with Crippen molar-refractivity contribution in [2.24, 2.45) is 0 Å². The number of benzene rings is 2. The summed E-state index contributed by atoms with van der Waals surface area (Å²) in [5.74, 6) is 0.306. The van der Waals surface area contributed by atoms with Gasteiger partial charge in [0.25, 0.3) is 5.69 Å². The largest absolute Gasteiger partial charge is 0.366 e. The van der Waals surface area contributed by atoms with Gasteiger partial charge < -0.3 is 5.32 Å². The lowest BCUT2D eigenvalue weighted by atomic mass is 10.1. The molecule has 3 aromatic rings. The van der Waals surface area contributed by atoms with Gasteiger partial charge in [-0.1, -0.05) is 19.9 Å². The molecule has 1 aliphatic rings. The molecule has 7 heteroatoms. The first-order valence-electron chi connectivity index (χ1n) is 8.53. The van der Waals surface area contributed by atoms with Gasteiger partial charge in [0.1, 0.15) is 18.0 Å². The lowest BCUT2D eigenvalue weighted by Crippen LogP contribution is -2.20. The summed E-state index contributed by atoms with van der Waals surface area (Å²) in [5, 5.41) is 15.0. The summed E-state index contributed by atoms with van der Waals surface area (Å²) in [6.45, 7) is 4.00. The maximum atomic E-state index is 13.3. The van der Waals surface area contributed by atoms with E-state index in [9.17, 15) is 14.5 Å². The van der Waals surface area contributed by atoms with Crippen LogP contribution in [-0.2, 0) is 12.8 Å². The zero-order chi connectivity index (χ0) is 18.7. The molecule has 134 valence electrons. The van der Waals surface area contributed by atoms with Gasteiger partial charge in [-0.25, -0.2) is 14.4 Å². The Morgan fingerprint density at radius 3 is 2.65 bits per heavy atom. The van der Waals surface area contributed by atoms with E-state index in [-0.39, 0.29) is 22.5 Å². The van der Waals surface area contributed by atoms with E-state index in [4.69, 9.17) is 0 Å². The molecule has 1 heterocycles. The Bertz CT molecular complexity index is 961. The quantitative estimate of drug-likeness (QED) is 0.561. The minimum atomic E-state index is -0.381. The standard InChI is InChI=1S/C17H13FN4O2.C2H6/c18-12-2-4-15-16(8-12)19-9-20-17(15)21-13-5-10-1-3-14(22(23)24)7-11(10)6-13;1-2/h1-4,7-9,13H,5-6H2,(H,19,20,21);1-2H3. The number of nitro benzene ring substituents is 1. The molecular weight excluding hydrogens is 335 g/mol. The molecule has 0 saturated carbocycles. The van der Waals surface area contributed by atoms with Crippen LogP contribution in [-0.4, -0.2) is 20.9 Å². The molecule has 1 N–H and O–H groups in total. The number of hydrogen-bond acceptors (Lipinski definition) is 5. The topological polar surface area (TPSA) is 81.0 Å². The Labute approximate surface area is 150 Å². The summed E-state index contributed by atoms with van der Waals surface area (Å²) < 4.78 is 13.3. The van der Waals surface area contributed by atoms with E-state index in [1.54, 1.807) is 12.1 Å². The van der Waals surface area contributed by atoms with Crippen LogP contribution in [0.1, 0.15) is 25.0 Å². The van der Waals surface area contributed by atoms with Gasteiger partial charge in [0.2, 0.25) is 0 Å². The molecule has 0 radical (unpaired) electrons. The van der Waals surface area contributed by atoms with Crippen molar-refractivity contribution in [1.29, 1.82) is 0 Å². The number of non-ortho nitro benzene ring substituents is 1. The number of halogens is 1. The molecule has 1 aliphatic carbocycles. The number of rotatable bonds is 3. The third-order valence-electron chi connectivity index (χ3n) is 4.27. The summed E-state index contributed by atoms with van der Waals surface area (Å²) in [5.41, 5.74) is 2.73. The van der Waals surface area contributed by atoms with Crippen molar-refractivity contribution in [2.75, 3.05) is 5.32 Å². The Morgan fingerprint density at radius 2 is 1.88 bits per heavy atom. The van der Waals surface area contributed by atoms with Crippen LogP contribution in [0.5, 0.6) is 0 Å². The molecule has 1 atom stereocenters. The lowest BCUT2D eigenvalue weighted by Gasteiger charge is -2.14. The Morgan fingerprint density at radius 1 is 1.12 bits per heavy atom. The van der Waals surface area contributed by atoms with Crippen LogP contribution in [0.3, 0.4) is 0 Å². The molecule has 1 unspecified atom stereocenters. The highest BCUT2D eigenvalue weighted by Crippen LogP contribution is 2.29. The molecule has 4 rings (SSSR count). The molecule has 0 saturated heterocycles. The second kappa shape index (κ2) is 7.43. The summed E-state index contributed by atoms with van der Waals surface area (Å²) >= 11 is 0. The molecule has 0 amide bonds. The van der Waals surface area contributed by atoms with Crippen molar-refractivity contribution < 1.29 is 9.31 Å². The number of aromatic nitrogens is 2. The van der Waals surface area contributed by atoms with Gasteiger partial charge in [-0.15, -0.1) is 0 Å². The second-order valence-electron chi connectivity index (χ2n) is 5.84. The first kappa shape index (κ1) is 17.7. The van der Waals surface area contributed by atoms with E-state index in [2.05, 4.69) is 15.3 Å². The molecule has 0 fully saturated rings. The van der Waals surface area contributed by atoms with Crippen LogP contribution < -0.4 is 5.32 Å². The highest BCUT2D eigenvalue weighted by atomic mass is 19.1. The number of nitrogens with one attached hydrogen (secondary N) is 1. The molecule has 0 bridgehead atoms. The van der Waals surface area contributed by atoms with Gasteiger partial charge >= 0.3 is 0 Å². The fraction of sp³-hybridized carbons (Fsp3) is 0.263. The van der Waals surface area contributed by atoms with Crippen LogP contribution >= 0.6 is 0 Å². The number of nitrogens with zero attached hydrogens (tertiary/aromatic N) is 3. The minimum Gasteiger partial charge on any atom is -0.366 e. The first-order valence-corrected chi connectivity index (χ1v) is 8.53. The maximum absolute atomic E-state index is 13.3. The lowest BCUT2D eigenvalue weighted by molar-refractivity contribution is -0.384. The van der Waals surface area contributed by atoms with E-state index in [0.29, 0.717) is 17.8 Å². The third-order valence-corrected chi connectivity index (χ3v) is 4.27. The van der Waals surface area contributed by atoms with E-state index in [1.165, 1.54) is 24.5 Å². The van der Waals surface area contributed by atoms with Crippen LogP contribution in [0.25, 0.3) is 10.9 Å². The van der Waals surface area contributed by atoms with Gasteiger partial charge in [-0.05, 0) is 36.1 Å². The van der Waals surface area contributed by atoms with Gasteiger partial charge in [0.05, 0.1) is 10.4 Å². The fourth-order valence-corrected chi connectivity index (χ4v) is 3.16. The normalized spacial score (nSPS) is 15.1. The van der Waals surface area contributed by atoms with Crippen molar-refractivity contribution in [2.45, 2.75) is 32.7 Å². The summed E-state index contributed by atoms with van der Waals surface area (Å²) in [6, 6.07) is 9.46. The average molecular weight is 354 g/mol.